The molecule has 46 heavy (non-hydrogen) atoms. The summed E-state index contributed by atoms with van der Waals surface area (Å²) in [6.07, 6.45) is -2.41. The molecule has 5 heterocycles. The van der Waals surface area contributed by atoms with Crippen LogP contribution in [0.4, 0.5) is 11.8 Å². The minimum absolute atomic E-state index is 0.0195. The maximum absolute atomic E-state index is 11.1. The van der Waals surface area contributed by atoms with Gasteiger partial charge in [-0.3, -0.25) is 4.57 Å². The molecule has 0 spiro atoms. The van der Waals surface area contributed by atoms with E-state index in [-0.39, 0.29) is 29.3 Å². The fourth-order valence-corrected chi connectivity index (χ4v) is 5.97. The Kier molecular flexibility index (Phi) is 7.85. The summed E-state index contributed by atoms with van der Waals surface area (Å²) < 4.78 is 7.71. The minimum Gasteiger partial charge on any atom is -0.508 e. The van der Waals surface area contributed by atoms with Crippen LogP contribution in [0, 0.1) is 0 Å². The molecule has 2 aliphatic heterocycles. The van der Waals surface area contributed by atoms with Gasteiger partial charge in [-0.25, -0.2) is 4.98 Å². The van der Waals surface area contributed by atoms with Crippen LogP contribution in [0.15, 0.2) is 54.9 Å². The number of fused-ring (bicyclic) bond motifs is 1. The van der Waals surface area contributed by atoms with Crippen LogP contribution < -0.4 is 16.0 Å². The molecule has 5 aromatic rings. The Morgan fingerprint density at radius 1 is 1.00 bits per heavy atom. The third-order valence-corrected chi connectivity index (χ3v) is 8.50. The predicted octanol–water partition coefficient (Wildman–Crippen LogP) is 1.02. The SMILES string of the molecule is CCn1nnc([C@H]2O[C@@H](n3cnc4c(NCC(c5ccc(O)cc5)c5ccc(O)cc5)nc(N5CC[C@@H](N)C5)nc43)[C@H](O)[C@@H]2O)n1. The number of rotatable bonds is 9. The standard InChI is InChI=1S/C30H35N11O5/c1-2-41-37-27(36-38-41)25-23(44)24(45)29(46-25)40-15-33-22-26(34-30(35-28(22)40)39-12-11-18(31)14-39)32-13-21(16-3-7-19(42)8-4-16)17-5-9-20(43)10-6-17/h3-10,15,18,21,23-25,29,42-45H,2,11-14,31H2,1H3,(H,32,34,35)/t18-,23+,24-,25+,29-/m1/s1. The highest BCUT2D eigenvalue weighted by Gasteiger charge is 2.47. The normalized spacial score (nSPS) is 23.2. The third kappa shape index (κ3) is 5.55. The van der Waals surface area contributed by atoms with Crippen molar-refractivity contribution in [2.45, 2.75) is 56.4 Å². The molecule has 2 aromatic carbocycles. The van der Waals surface area contributed by atoms with Crippen molar-refractivity contribution in [2.75, 3.05) is 29.9 Å². The zero-order valence-corrected chi connectivity index (χ0v) is 25.0. The van der Waals surface area contributed by atoms with Gasteiger partial charge in [-0.15, -0.1) is 10.2 Å². The number of hydrogen-bond donors (Lipinski definition) is 6. The summed E-state index contributed by atoms with van der Waals surface area (Å²) in [5, 5.41) is 57.5. The zero-order valence-electron chi connectivity index (χ0n) is 25.0. The molecule has 0 amide bonds. The Labute approximate surface area is 263 Å². The monoisotopic (exact) mass is 629 g/mol. The number of aliphatic hydroxyl groups excluding tert-OH is 2. The van der Waals surface area contributed by atoms with Crippen molar-refractivity contribution in [2.24, 2.45) is 5.73 Å². The van der Waals surface area contributed by atoms with Crippen LogP contribution in [0.3, 0.4) is 0 Å². The molecule has 3 aromatic heterocycles. The highest BCUT2D eigenvalue weighted by molar-refractivity contribution is 5.84. The fourth-order valence-electron chi connectivity index (χ4n) is 5.97. The number of ether oxygens (including phenoxy) is 1. The number of hydrogen-bond acceptors (Lipinski definition) is 14. The number of phenols is 2. The Balaban J connectivity index is 1.25. The van der Waals surface area contributed by atoms with E-state index in [0.29, 0.717) is 49.1 Å². The van der Waals surface area contributed by atoms with E-state index in [4.69, 9.17) is 20.4 Å². The number of aromatic nitrogens is 8. The number of aryl methyl sites for hydroxylation is 1. The van der Waals surface area contributed by atoms with Gasteiger partial charge in [0, 0.05) is 31.6 Å². The van der Waals surface area contributed by atoms with Gasteiger partial charge < -0.3 is 41.1 Å². The second-order valence-corrected chi connectivity index (χ2v) is 11.6. The number of tetrazole rings is 1. The van der Waals surface area contributed by atoms with E-state index < -0.39 is 24.5 Å². The molecule has 0 aliphatic carbocycles. The Hall–Kier alpha value is -4.90. The molecular weight excluding hydrogens is 594 g/mol. The molecule has 0 unspecified atom stereocenters. The van der Waals surface area contributed by atoms with Crippen molar-refractivity contribution in [1.29, 1.82) is 0 Å². The second-order valence-electron chi connectivity index (χ2n) is 11.6. The first-order valence-corrected chi connectivity index (χ1v) is 15.1. The van der Waals surface area contributed by atoms with Crippen molar-refractivity contribution in [1.82, 2.24) is 39.7 Å². The molecule has 0 saturated carbocycles. The number of nitrogens with one attached hydrogen (secondary N) is 1. The first kappa shape index (κ1) is 29.8. The third-order valence-electron chi connectivity index (χ3n) is 8.50. The van der Waals surface area contributed by atoms with Gasteiger partial charge in [-0.05, 0) is 54.0 Å². The molecule has 2 aliphatic rings. The van der Waals surface area contributed by atoms with Crippen LogP contribution in [0.2, 0.25) is 0 Å². The smallest absolute Gasteiger partial charge is 0.229 e. The summed E-state index contributed by atoms with van der Waals surface area (Å²) in [4.78, 5) is 17.7. The number of phenolic OH excluding ortho intramolecular Hbond substituents is 2. The lowest BCUT2D eigenvalue weighted by Gasteiger charge is -2.22. The van der Waals surface area contributed by atoms with Gasteiger partial charge in [-0.1, -0.05) is 24.3 Å². The maximum atomic E-state index is 11.1. The number of benzene rings is 2. The van der Waals surface area contributed by atoms with Gasteiger partial charge in [0.25, 0.3) is 0 Å². The highest BCUT2D eigenvalue weighted by atomic mass is 16.6. The maximum Gasteiger partial charge on any atom is 0.229 e. The molecule has 5 atom stereocenters. The molecule has 7 N–H and O–H groups in total. The number of nitrogens with two attached hydrogens (primary N) is 1. The molecular formula is C30H35N11O5. The van der Waals surface area contributed by atoms with E-state index in [1.165, 1.54) is 11.1 Å². The number of anilines is 2. The van der Waals surface area contributed by atoms with Gasteiger partial charge in [0.05, 0.1) is 12.9 Å². The molecule has 2 fully saturated rings. The summed E-state index contributed by atoms with van der Waals surface area (Å²) in [7, 11) is 0. The quantitative estimate of drug-likeness (QED) is 0.134. The second kappa shape index (κ2) is 12.1. The lowest BCUT2D eigenvalue weighted by atomic mass is 9.91. The largest absolute Gasteiger partial charge is 0.508 e. The van der Waals surface area contributed by atoms with Crippen LogP contribution in [0.5, 0.6) is 11.5 Å². The van der Waals surface area contributed by atoms with E-state index >= 15 is 0 Å². The van der Waals surface area contributed by atoms with Crippen molar-refractivity contribution >= 4 is 22.9 Å². The van der Waals surface area contributed by atoms with Crippen LogP contribution in [-0.4, -0.2) is 98.0 Å². The van der Waals surface area contributed by atoms with Gasteiger partial charge in [-0.2, -0.15) is 14.8 Å². The average molecular weight is 630 g/mol. The van der Waals surface area contributed by atoms with Gasteiger partial charge in [0.2, 0.25) is 11.8 Å². The van der Waals surface area contributed by atoms with Crippen LogP contribution >= 0.6 is 0 Å². The molecule has 2 saturated heterocycles. The average Bonchev–Trinajstić information content (AvgIpc) is 3.86. The first-order valence-electron chi connectivity index (χ1n) is 15.1. The first-order chi connectivity index (χ1) is 22.3. The predicted molar refractivity (Wildman–Crippen MR) is 165 cm³/mol. The summed E-state index contributed by atoms with van der Waals surface area (Å²) in [5.41, 5.74) is 8.92. The van der Waals surface area contributed by atoms with Gasteiger partial charge in [0.15, 0.2) is 29.3 Å². The molecule has 16 nitrogen and oxygen atoms in total. The van der Waals surface area contributed by atoms with Gasteiger partial charge >= 0.3 is 0 Å². The van der Waals surface area contributed by atoms with E-state index in [0.717, 1.165) is 17.5 Å². The van der Waals surface area contributed by atoms with Crippen molar-refractivity contribution in [3.05, 3.63) is 71.8 Å². The lowest BCUT2D eigenvalue weighted by Crippen LogP contribution is -2.30. The number of aliphatic hydroxyl groups is 2. The molecule has 16 heteroatoms. The van der Waals surface area contributed by atoms with Crippen LogP contribution in [0.25, 0.3) is 11.2 Å². The Morgan fingerprint density at radius 3 is 2.30 bits per heavy atom. The fraction of sp³-hybridized carbons (Fsp3) is 0.400. The summed E-state index contributed by atoms with van der Waals surface area (Å²) in [5.74, 6) is 1.20. The summed E-state index contributed by atoms with van der Waals surface area (Å²) in [6, 6.07) is 13.9. The summed E-state index contributed by atoms with van der Waals surface area (Å²) in [6.45, 7) is 3.98. The van der Waals surface area contributed by atoms with Crippen molar-refractivity contribution < 1.29 is 25.2 Å². The van der Waals surface area contributed by atoms with Crippen LogP contribution in [0.1, 0.15) is 48.5 Å². The number of nitrogens with zero attached hydrogens (tertiary/aromatic N) is 9. The Morgan fingerprint density at radius 2 is 1.70 bits per heavy atom. The van der Waals surface area contributed by atoms with E-state index in [2.05, 4.69) is 25.7 Å². The minimum atomic E-state index is -1.33. The number of imidazole rings is 1. The molecule has 0 radical (unpaired) electrons. The Bertz CT molecular complexity index is 1770. The zero-order chi connectivity index (χ0) is 31.9. The van der Waals surface area contributed by atoms with Gasteiger partial charge in [0.1, 0.15) is 23.7 Å². The van der Waals surface area contributed by atoms with E-state index in [1.807, 2.05) is 36.1 Å². The molecule has 240 valence electrons. The highest BCUT2D eigenvalue weighted by Crippen LogP contribution is 2.39. The topological polar surface area (TPSA) is 219 Å². The van der Waals surface area contributed by atoms with E-state index in [9.17, 15) is 20.4 Å². The molecule has 0 bridgehead atoms. The summed E-state index contributed by atoms with van der Waals surface area (Å²) >= 11 is 0. The lowest BCUT2D eigenvalue weighted by molar-refractivity contribution is -0.0384. The van der Waals surface area contributed by atoms with E-state index in [1.54, 1.807) is 28.8 Å². The number of aromatic hydroxyl groups is 2. The van der Waals surface area contributed by atoms with Crippen LogP contribution in [-0.2, 0) is 11.3 Å². The van der Waals surface area contributed by atoms with Crippen molar-refractivity contribution in [3.63, 3.8) is 0 Å². The molecule has 7 rings (SSSR count). The van der Waals surface area contributed by atoms with Crippen molar-refractivity contribution in [3.8, 4) is 11.5 Å².